The molecule has 9 nitrogen and oxygen atoms in total. The van der Waals surface area contributed by atoms with E-state index in [-0.39, 0.29) is 34.4 Å². The van der Waals surface area contributed by atoms with Gasteiger partial charge in [-0.05, 0) is 80.5 Å². The lowest BCUT2D eigenvalue weighted by molar-refractivity contribution is 0.102. The van der Waals surface area contributed by atoms with Crippen LogP contribution in [0.3, 0.4) is 0 Å². The zero-order valence-corrected chi connectivity index (χ0v) is 26.3. The zero-order valence-electron chi connectivity index (χ0n) is 25.5. The van der Waals surface area contributed by atoms with Crippen LogP contribution in [-0.4, -0.2) is 25.8 Å². The van der Waals surface area contributed by atoms with E-state index in [4.69, 9.17) is 4.98 Å². The first-order valence-electron chi connectivity index (χ1n) is 15.3. The van der Waals surface area contributed by atoms with Crippen molar-refractivity contribution in [3.63, 3.8) is 0 Å². The second-order valence-electron chi connectivity index (χ2n) is 11.7. The van der Waals surface area contributed by atoms with Crippen LogP contribution >= 0.6 is 11.3 Å². The highest BCUT2D eigenvalue weighted by atomic mass is 32.1. The largest absolute Gasteiger partial charge is 0.322 e. The molecule has 2 aromatic carbocycles. The molecule has 6 aromatic rings. The molecule has 7 rings (SSSR count). The maximum absolute atomic E-state index is 14.1. The molecule has 10 heteroatoms. The first-order valence-corrected chi connectivity index (χ1v) is 16.1. The third-order valence-electron chi connectivity index (χ3n) is 8.50. The Labute approximate surface area is 268 Å². The predicted molar refractivity (Wildman–Crippen MR) is 181 cm³/mol. The maximum Gasteiger partial charge on any atom is 0.267 e. The summed E-state index contributed by atoms with van der Waals surface area (Å²) < 4.78 is 3.09. The third kappa shape index (κ3) is 5.30. The zero-order chi connectivity index (χ0) is 31.9. The van der Waals surface area contributed by atoms with Crippen LogP contribution < -0.4 is 21.7 Å². The van der Waals surface area contributed by atoms with Gasteiger partial charge in [-0.3, -0.25) is 24.2 Å². The number of pyridine rings is 2. The summed E-state index contributed by atoms with van der Waals surface area (Å²) in [5, 5.41) is 15.9. The number of rotatable bonds is 6. The van der Waals surface area contributed by atoms with Gasteiger partial charge in [-0.1, -0.05) is 54.1 Å². The van der Waals surface area contributed by atoms with Crippen molar-refractivity contribution in [2.75, 3.05) is 10.6 Å². The highest BCUT2D eigenvalue weighted by molar-refractivity contribution is 7.17. The monoisotopic (exact) mass is 628 g/mol. The molecule has 0 unspecified atom stereocenters. The summed E-state index contributed by atoms with van der Waals surface area (Å²) in [6.07, 6.45) is 5.24. The summed E-state index contributed by atoms with van der Waals surface area (Å²) in [6, 6.07) is 22.3. The van der Waals surface area contributed by atoms with E-state index in [0.29, 0.717) is 27.5 Å². The van der Waals surface area contributed by atoms with Gasteiger partial charge in [-0.25, -0.2) is 4.98 Å². The van der Waals surface area contributed by atoms with E-state index in [1.165, 1.54) is 21.8 Å². The fraction of sp³-hybridized carbons (Fsp3) is 0.194. The molecule has 0 saturated heterocycles. The van der Waals surface area contributed by atoms with Crippen LogP contribution in [0.2, 0.25) is 0 Å². The summed E-state index contributed by atoms with van der Waals surface area (Å²) >= 11 is 1.41. The van der Waals surface area contributed by atoms with Gasteiger partial charge in [0.2, 0.25) is 0 Å². The van der Waals surface area contributed by atoms with E-state index in [1.807, 2.05) is 74.5 Å². The molecule has 1 aliphatic carbocycles. The van der Waals surface area contributed by atoms with Crippen LogP contribution in [0.1, 0.15) is 60.7 Å². The molecule has 3 N–H and O–H groups in total. The number of aromatic nitrogens is 3. The van der Waals surface area contributed by atoms with E-state index in [0.717, 1.165) is 52.8 Å². The van der Waals surface area contributed by atoms with Gasteiger partial charge in [-0.15, -0.1) is 11.3 Å². The van der Waals surface area contributed by atoms with Crippen LogP contribution in [0.25, 0.3) is 16.7 Å². The lowest BCUT2D eigenvalue weighted by Gasteiger charge is -2.16. The molecule has 230 valence electrons. The predicted octanol–water partition coefficient (Wildman–Crippen LogP) is 6.24. The van der Waals surface area contributed by atoms with Crippen molar-refractivity contribution < 1.29 is 9.59 Å². The van der Waals surface area contributed by atoms with Crippen molar-refractivity contribution in [2.24, 2.45) is 0 Å². The van der Waals surface area contributed by atoms with Crippen LogP contribution in [0, 0.1) is 19.3 Å². The molecule has 0 bridgehead atoms. The van der Waals surface area contributed by atoms with Gasteiger partial charge in [0.05, 0.1) is 23.1 Å². The Hall–Kier alpha value is -5.35. The minimum absolute atomic E-state index is 0.0203. The van der Waals surface area contributed by atoms with Gasteiger partial charge in [0, 0.05) is 16.8 Å². The Balaban J connectivity index is 1.35. The Kier molecular flexibility index (Phi) is 7.58. The number of nitrogens with zero attached hydrogens (tertiary/aromatic N) is 3. The molecule has 4 heterocycles. The van der Waals surface area contributed by atoms with E-state index in [2.05, 4.69) is 10.6 Å². The number of fused-ring (bicyclic) bond motifs is 3. The molecule has 0 aliphatic heterocycles. The number of carbonyl (C=O) groups is 2. The molecular formula is C36H32N6O3S. The second-order valence-corrected chi connectivity index (χ2v) is 12.8. The average molecular weight is 629 g/mol. The molecule has 0 atom stereocenters. The number of carbonyl (C=O) groups excluding carboxylic acids is 2. The first kappa shape index (κ1) is 29.4. The van der Waals surface area contributed by atoms with Crippen molar-refractivity contribution in [3.8, 4) is 0 Å². The summed E-state index contributed by atoms with van der Waals surface area (Å²) in [4.78, 5) is 47.5. The van der Waals surface area contributed by atoms with Crippen molar-refractivity contribution in [1.29, 1.82) is 5.41 Å². The van der Waals surface area contributed by atoms with Crippen LogP contribution in [-0.2, 0) is 19.4 Å². The first-order chi connectivity index (χ1) is 22.3. The van der Waals surface area contributed by atoms with E-state index < -0.39 is 5.91 Å². The van der Waals surface area contributed by atoms with Crippen molar-refractivity contribution >= 4 is 50.5 Å². The lowest BCUT2D eigenvalue weighted by Crippen LogP contribution is -2.32. The molecule has 0 saturated carbocycles. The van der Waals surface area contributed by atoms with E-state index >= 15 is 0 Å². The Morgan fingerprint density at radius 2 is 1.67 bits per heavy atom. The number of aryl methyl sites for hydroxylation is 3. The molecular weight excluding hydrogens is 597 g/mol. The number of benzene rings is 2. The highest BCUT2D eigenvalue weighted by Gasteiger charge is 2.28. The fourth-order valence-electron chi connectivity index (χ4n) is 6.08. The van der Waals surface area contributed by atoms with Gasteiger partial charge in [0.25, 0.3) is 17.4 Å². The minimum Gasteiger partial charge on any atom is -0.322 e. The quantitative estimate of drug-likeness (QED) is 0.189. The molecule has 4 aromatic heterocycles. The molecule has 0 spiro atoms. The van der Waals surface area contributed by atoms with Crippen molar-refractivity contribution in [3.05, 3.63) is 133 Å². The fourth-order valence-corrected chi connectivity index (χ4v) is 7.36. The molecule has 46 heavy (non-hydrogen) atoms. The number of amides is 2. The number of anilines is 2. The Bertz CT molecular complexity index is 2280. The van der Waals surface area contributed by atoms with Gasteiger partial charge < -0.3 is 15.2 Å². The molecule has 2 amide bonds. The summed E-state index contributed by atoms with van der Waals surface area (Å²) in [5.74, 6) is -0.852. The summed E-state index contributed by atoms with van der Waals surface area (Å²) in [6.45, 7) is 4.12. The van der Waals surface area contributed by atoms with E-state index in [9.17, 15) is 19.8 Å². The number of nitrogens with one attached hydrogen (secondary N) is 3. The van der Waals surface area contributed by atoms with Crippen molar-refractivity contribution in [2.45, 2.75) is 46.1 Å². The third-order valence-corrected chi connectivity index (χ3v) is 9.70. The molecule has 0 fully saturated rings. The summed E-state index contributed by atoms with van der Waals surface area (Å²) in [5.41, 5.74) is 5.34. The number of para-hydroxylation sites is 1. The maximum atomic E-state index is 14.1. The highest BCUT2D eigenvalue weighted by Crippen LogP contribution is 2.39. The van der Waals surface area contributed by atoms with Crippen LogP contribution in [0.4, 0.5) is 10.7 Å². The standard InChI is InChI=1S/C36H32N6O3S/c1-21-14-16-23(17-15-21)20-42-30(37)26(19-27-32(42)39-31-22(2)9-8-18-41(31)36(27)45)33(43)40-35-29(25-12-6-7-13-28(25)46-35)34(44)38-24-10-4-3-5-11-24/h3-5,8-11,14-19,37H,6-7,12-13,20H2,1-2H3,(H,38,44)(H,40,43). The molecule has 0 radical (unpaired) electrons. The smallest absolute Gasteiger partial charge is 0.267 e. The normalized spacial score (nSPS) is 12.7. The summed E-state index contributed by atoms with van der Waals surface area (Å²) in [7, 11) is 0. The van der Waals surface area contributed by atoms with Crippen LogP contribution in [0.15, 0.2) is 83.8 Å². The van der Waals surface area contributed by atoms with Crippen LogP contribution in [0.5, 0.6) is 0 Å². The van der Waals surface area contributed by atoms with Gasteiger partial charge in [0.15, 0.2) is 0 Å². The topological polar surface area (TPSA) is 121 Å². The van der Waals surface area contributed by atoms with Gasteiger partial charge in [0.1, 0.15) is 21.8 Å². The SMILES string of the molecule is Cc1ccc(Cn2c(=N)c(C(=O)Nc3sc4c(c3C(=O)Nc3ccccc3)CCCC4)cc3c(=O)n4cccc(C)c4nc32)cc1. The van der Waals surface area contributed by atoms with Gasteiger partial charge >= 0.3 is 0 Å². The molecule has 1 aliphatic rings. The van der Waals surface area contributed by atoms with Gasteiger partial charge in [-0.2, -0.15) is 0 Å². The Morgan fingerprint density at radius 3 is 2.46 bits per heavy atom. The second kappa shape index (κ2) is 11.9. The Morgan fingerprint density at radius 1 is 0.913 bits per heavy atom. The minimum atomic E-state index is -0.564. The average Bonchev–Trinajstić information content (AvgIpc) is 3.42. The van der Waals surface area contributed by atoms with E-state index in [1.54, 1.807) is 16.8 Å². The number of hydrogen-bond donors (Lipinski definition) is 3. The lowest BCUT2D eigenvalue weighted by atomic mass is 9.95. The number of thiophene rings is 1. The number of hydrogen-bond acceptors (Lipinski definition) is 6. The van der Waals surface area contributed by atoms with Crippen molar-refractivity contribution in [1.82, 2.24) is 14.0 Å².